The smallest absolute Gasteiger partial charge is 0.382 e. The average Bonchev–Trinajstić information content (AvgIpc) is 3.56. The van der Waals surface area contributed by atoms with Crippen molar-refractivity contribution < 1.29 is 26.4 Å². The molecule has 1 unspecified atom stereocenters. The van der Waals surface area contributed by atoms with Crippen molar-refractivity contribution in [3.8, 4) is 0 Å². The first kappa shape index (κ1) is 31.0. The van der Waals surface area contributed by atoms with Gasteiger partial charge in [-0.1, -0.05) is 0 Å². The van der Waals surface area contributed by atoms with Gasteiger partial charge in [-0.05, 0) is 80.7 Å². The Kier molecular flexibility index (Phi) is 8.29. The molecule has 3 fully saturated rings. The van der Waals surface area contributed by atoms with E-state index in [4.69, 9.17) is 0 Å². The van der Waals surface area contributed by atoms with Gasteiger partial charge in [-0.25, -0.2) is 22.7 Å². The zero-order valence-electron chi connectivity index (χ0n) is 24.7. The van der Waals surface area contributed by atoms with Gasteiger partial charge in [0.1, 0.15) is 17.0 Å². The molecule has 1 amide bonds. The summed E-state index contributed by atoms with van der Waals surface area (Å²) < 4.78 is 63.9. The Labute approximate surface area is 259 Å². The number of halogens is 3. The molecule has 2 saturated heterocycles. The Balaban J connectivity index is 0.988. The van der Waals surface area contributed by atoms with E-state index < -0.39 is 22.6 Å². The van der Waals surface area contributed by atoms with Crippen LogP contribution in [-0.2, 0) is 16.4 Å². The molecule has 4 heterocycles. The summed E-state index contributed by atoms with van der Waals surface area (Å²) in [5.74, 6) is 0.807. The van der Waals surface area contributed by atoms with Crippen molar-refractivity contribution in [2.45, 2.75) is 63.7 Å². The Morgan fingerprint density at radius 2 is 1.84 bits per heavy atom. The van der Waals surface area contributed by atoms with Crippen LogP contribution in [-0.4, -0.2) is 79.3 Å². The number of piperidine rings is 1. The maximum atomic E-state index is 12.9. The number of rotatable bonds is 8. The fourth-order valence-corrected chi connectivity index (χ4v) is 8.93. The lowest BCUT2D eigenvalue weighted by atomic mass is 9.65. The lowest BCUT2D eigenvalue weighted by Crippen LogP contribution is -2.46. The number of benzene rings is 1. The van der Waals surface area contributed by atoms with Crippen LogP contribution in [0.5, 0.6) is 0 Å². The predicted molar refractivity (Wildman–Crippen MR) is 166 cm³/mol. The van der Waals surface area contributed by atoms with Crippen molar-refractivity contribution >= 4 is 49.0 Å². The van der Waals surface area contributed by atoms with Gasteiger partial charge in [0.05, 0.1) is 18.1 Å². The lowest BCUT2D eigenvalue weighted by molar-refractivity contribution is -0.126. The fraction of sp³-hybridized carbons (Fsp3) is 0.567. The van der Waals surface area contributed by atoms with Crippen LogP contribution in [0.15, 0.2) is 36.7 Å². The van der Waals surface area contributed by atoms with E-state index in [0.717, 1.165) is 68.0 Å². The third-order valence-corrected chi connectivity index (χ3v) is 11.7. The van der Waals surface area contributed by atoms with E-state index >= 15 is 0 Å². The van der Waals surface area contributed by atoms with E-state index in [2.05, 4.69) is 25.5 Å². The van der Waals surface area contributed by atoms with Gasteiger partial charge in [0.15, 0.2) is 0 Å². The van der Waals surface area contributed by atoms with E-state index in [9.17, 15) is 26.4 Å². The van der Waals surface area contributed by atoms with Gasteiger partial charge >= 0.3 is 6.18 Å². The fourth-order valence-electron chi connectivity index (χ4n) is 7.04. The topological polar surface area (TPSA) is 108 Å². The van der Waals surface area contributed by atoms with Gasteiger partial charge in [-0.3, -0.25) is 4.79 Å². The molecule has 9 nitrogen and oxygen atoms in total. The number of anilines is 2. The minimum Gasteiger partial charge on any atom is -0.382 e. The van der Waals surface area contributed by atoms with Gasteiger partial charge in [0.2, 0.25) is 10.0 Å². The molecule has 14 heteroatoms. The third-order valence-electron chi connectivity index (χ3n) is 9.38. The molecule has 1 aliphatic carbocycles. The second-order valence-electron chi connectivity index (χ2n) is 12.7. The van der Waals surface area contributed by atoms with Crippen molar-refractivity contribution in [3.63, 3.8) is 0 Å². The summed E-state index contributed by atoms with van der Waals surface area (Å²) in [7, 11) is -3.18. The number of amides is 1. The summed E-state index contributed by atoms with van der Waals surface area (Å²) in [5.41, 5.74) is 1.67. The van der Waals surface area contributed by atoms with Gasteiger partial charge in [0, 0.05) is 54.4 Å². The summed E-state index contributed by atoms with van der Waals surface area (Å²) in [4.78, 5) is 24.6. The molecule has 44 heavy (non-hydrogen) atoms. The molecule has 1 aromatic carbocycles. The molecule has 0 radical (unpaired) electrons. The molecule has 2 N–H and O–H groups in total. The summed E-state index contributed by atoms with van der Waals surface area (Å²) in [6, 6.07) is 9.31. The van der Waals surface area contributed by atoms with Gasteiger partial charge in [-0.2, -0.15) is 13.2 Å². The third kappa shape index (κ3) is 6.81. The molecule has 1 spiro atoms. The van der Waals surface area contributed by atoms with E-state index in [1.165, 1.54) is 16.9 Å². The SMILES string of the molecule is CC(NC(=O)c1ccc(NC2CC3(CCN(c4ncnc5sc(CC(F)(F)F)cc45)C3)C2)cc1)C1CCN(S(C)(=O)=O)CC1. The number of hydrogen-bond donors (Lipinski definition) is 2. The van der Waals surface area contributed by atoms with Crippen LogP contribution < -0.4 is 15.5 Å². The molecule has 2 aromatic heterocycles. The second-order valence-corrected chi connectivity index (χ2v) is 15.8. The van der Waals surface area contributed by atoms with Crippen LogP contribution in [0.3, 0.4) is 0 Å². The van der Waals surface area contributed by atoms with E-state index in [1.807, 2.05) is 31.2 Å². The zero-order valence-corrected chi connectivity index (χ0v) is 26.4. The Morgan fingerprint density at radius 3 is 2.50 bits per heavy atom. The Bertz CT molecular complexity index is 1610. The van der Waals surface area contributed by atoms with Crippen LogP contribution in [0.25, 0.3) is 10.2 Å². The number of carbonyl (C=O) groups is 1. The van der Waals surface area contributed by atoms with Crippen molar-refractivity contribution in [2.75, 3.05) is 42.7 Å². The summed E-state index contributed by atoms with van der Waals surface area (Å²) in [6.07, 6.45) is 1.87. The van der Waals surface area contributed by atoms with Crippen LogP contribution in [0, 0.1) is 11.3 Å². The number of thiophene rings is 1. The largest absolute Gasteiger partial charge is 0.393 e. The summed E-state index contributed by atoms with van der Waals surface area (Å²) >= 11 is 1.08. The molecular weight excluding hydrogens is 613 g/mol. The van der Waals surface area contributed by atoms with Gasteiger partial charge < -0.3 is 15.5 Å². The Morgan fingerprint density at radius 1 is 1.14 bits per heavy atom. The number of fused-ring (bicyclic) bond motifs is 1. The minimum atomic E-state index is -4.26. The first-order valence-electron chi connectivity index (χ1n) is 14.9. The summed E-state index contributed by atoms with van der Waals surface area (Å²) in [6.45, 7) is 4.56. The highest BCUT2D eigenvalue weighted by Gasteiger charge is 2.49. The van der Waals surface area contributed by atoms with Crippen LogP contribution in [0.1, 0.15) is 54.3 Å². The summed E-state index contributed by atoms with van der Waals surface area (Å²) in [5, 5.41) is 7.36. The van der Waals surface area contributed by atoms with E-state index in [0.29, 0.717) is 34.9 Å². The molecule has 2 aliphatic heterocycles. The molecule has 3 aliphatic rings. The standard InChI is InChI=1S/C30H37F3N6O3S2/c1-19(20-7-10-39(11-8-20)44(2,41)42)36-27(40)21-3-5-22(6-4-21)37-23-14-29(15-23)9-12-38(17-29)26-25-13-24(16-30(31,32)33)43-28(25)35-18-34-26/h3-6,13,18-20,23,37H,7-12,14-17H2,1-2H3,(H,36,40). The molecule has 1 saturated carbocycles. The number of sulfonamides is 1. The number of carbonyl (C=O) groups excluding carboxylic acids is 1. The predicted octanol–water partition coefficient (Wildman–Crippen LogP) is 5.06. The monoisotopic (exact) mass is 650 g/mol. The molecule has 6 rings (SSSR count). The van der Waals surface area contributed by atoms with Crippen LogP contribution >= 0.6 is 11.3 Å². The minimum absolute atomic E-state index is 0.0562. The molecular formula is C30H37F3N6O3S2. The van der Waals surface area contributed by atoms with Crippen molar-refractivity contribution in [2.24, 2.45) is 11.3 Å². The number of hydrogen-bond acceptors (Lipinski definition) is 8. The number of nitrogens with one attached hydrogen (secondary N) is 2. The molecule has 238 valence electrons. The lowest BCUT2D eigenvalue weighted by Gasteiger charge is -2.46. The van der Waals surface area contributed by atoms with Gasteiger partial charge in [-0.15, -0.1) is 11.3 Å². The quantitative estimate of drug-likeness (QED) is 0.351. The van der Waals surface area contributed by atoms with Gasteiger partial charge in [0.25, 0.3) is 5.91 Å². The van der Waals surface area contributed by atoms with Crippen LogP contribution in [0.2, 0.25) is 0 Å². The molecule has 3 aromatic rings. The maximum Gasteiger partial charge on any atom is 0.393 e. The number of nitrogens with zero attached hydrogens (tertiary/aromatic N) is 4. The highest BCUT2D eigenvalue weighted by Crippen LogP contribution is 2.50. The first-order valence-corrected chi connectivity index (χ1v) is 17.6. The highest BCUT2D eigenvalue weighted by molar-refractivity contribution is 7.88. The highest BCUT2D eigenvalue weighted by atomic mass is 32.2. The normalized spacial score (nSPS) is 24.0. The van der Waals surface area contributed by atoms with Crippen molar-refractivity contribution in [1.82, 2.24) is 19.6 Å². The van der Waals surface area contributed by atoms with E-state index in [1.54, 1.807) is 6.07 Å². The maximum absolute atomic E-state index is 12.9. The molecule has 0 bridgehead atoms. The zero-order chi connectivity index (χ0) is 31.3. The first-order chi connectivity index (χ1) is 20.8. The molecule has 1 atom stereocenters. The number of aromatic nitrogens is 2. The Hall–Kier alpha value is -2.97. The number of alkyl halides is 3. The second kappa shape index (κ2) is 11.8. The average molecular weight is 651 g/mol. The van der Waals surface area contributed by atoms with Crippen molar-refractivity contribution in [1.29, 1.82) is 0 Å². The van der Waals surface area contributed by atoms with E-state index in [-0.39, 0.29) is 28.2 Å². The van der Waals surface area contributed by atoms with Crippen LogP contribution in [0.4, 0.5) is 24.7 Å². The van der Waals surface area contributed by atoms with Crippen molar-refractivity contribution in [3.05, 3.63) is 47.1 Å².